The number of thiocarbonyl (C=S) groups is 1. The minimum Gasteiger partial charge on any atom is -0.287 e. The molecule has 0 aliphatic carbocycles. The first-order chi connectivity index (χ1) is 3.13. The Labute approximate surface area is 44.1 Å². The quantitative estimate of drug-likeness (QED) is 0.410. The fraction of sp³-hybridized carbons (Fsp3) is 0.500. The van der Waals surface area contributed by atoms with Crippen molar-refractivity contribution < 1.29 is 13.9 Å². The standard InChI is InChI=1S/C2H2F2NOS/c3-1(4)5-2(6)7/h1H,(H,5,7). The molecule has 0 bridgehead atoms. The van der Waals surface area contributed by atoms with Gasteiger partial charge >= 0.3 is 11.7 Å². The molecular weight excluding hydrogens is 124 g/mol. The van der Waals surface area contributed by atoms with Crippen LogP contribution in [0, 0.1) is 0 Å². The van der Waals surface area contributed by atoms with Crippen molar-refractivity contribution in [3.63, 3.8) is 0 Å². The Hall–Kier alpha value is -0.450. The number of hydrogen-bond acceptors (Lipinski definition) is 1. The lowest BCUT2D eigenvalue weighted by Crippen LogP contribution is -2.24. The largest absolute Gasteiger partial charge is 0.315 e. The number of nitrogens with one attached hydrogen (secondary N) is 1. The normalized spacial score (nSPS) is 9.00. The molecule has 0 amide bonds. The molecule has 0 saturated carbocycles. The van der Waals surface area contributed by atoms with Crippen molar-refractivity contribution >= 4 is 17.4 Å². The second-order valence-electron chi connectivity index (χ2n) is 0.732. The smallest absolute Gasteiger partial charge is 0.287 e. The molecule has 0 atom stereocenters. The monoisotopic (exact) mass is 126 g/mol. The van der Waals surface area contributed by atoms with Crippen LogP contribution in [0.5, 0.6) is 0 Å². The molecule has 0 aromatic carbocycles. The SMILES string of the molecule is [O]C(=S)NC(F)F. The van der Waals surface area contributed by atoms with Crippen molar-refractivity contribution in [2.45, 2.75) is 6.55 Å². The molecule has 1 radical (unpaired) electrons. The molecule has 0 aromatic rings. The van der Waals surface area contributed by atoms with Crippen molar-refractivity contribution in [1.29, 1.82) is 0 Å². The summed E-state index contributed by atoms with van der Waals surface area (Å²) in [7, 11) is 0. The summed E-state index contributed by atoms with van der Waals surface area (Å²) in [4.78, 5) is 0. The fourth-order valence-electron chi connectivity index (χ4n) is 0.0891. The van der Waals surface area contributed by atoms with Crippen molar-refractivity contribution in [2.24, 2.45) is 0 Å². The molecule has 0 spiro atoms. The van der Waals surface area contributed by atoms with E-state index in [9.17, 15) is 13.9 Å². The van der Waals surface area contributed by atoms with Crippen molar-refractivity contribution in [1.82, 2.24) is 5.32 Å². The highest BCUT2D eigenvalue weighted by atomic mass is 32.1. The molecule has 1 N–H and O–H groups in total. The zero-order valence-corrected chi connectivity index (χ0v) is 3.97. The fourth-order valence-corrected chi connectivity index (χ4v) is 0.178. The number of hydrogen-bond donors (Lipinski definition) is 1. The van der Waals surface area contributed by atoms with Crippen molar-refractivity contribution in [3.05, 3.63) is 0 Å². The maximum Gasteiger partial charge on any atom is 0.315 e. The summed E-state index contributed by atoms with van der Waals surface area (Å²) in [5.41, 5.74) is 0. The molecule has 41 valence electrons. The average Bonchev–Trinajstić information content (AvgIpc) is 1.27. The first-order valence-electron chi connectivity index (χ1n) is 1.38. The summed E-state index contributed by atoms with van der Waals surface area (Å²) in [6, 6.07) is 0. The van der Waals surface area contributed by atoms with Crippen LogP contribution in [-0.2, 0) is 5.11 Å². The van der Waals surface area contributed by atoms with Crippen LogP contribution in [0.4, 0.5) is 8.78 Å². The molecule has 0 aliphatic rings. The summed E-state index contributed by atoms with van der Waals surface area (Å²) >= 11 is 3.73. The van der Waals surface area contributed by atoms with E-state index in [4.69, 9.17) is 0 Å². The van der Waals surface area contributed by atoms with E-state index in [-0.39, 0.29) is 0 Å². The molecule has 0 heterocycles. The lowest BCUT2D eigenvalue weighted by atomic mass is 11.1. The lowest BCUT2D eigenvalue weighted by molar-refractivity contribution is 0.123. The van der Waals surface area contributed by atoms with Crippen LogP contribution in [0.3, 0.4) is 0 Å². The van der Waals surface area contributed by atoms with Gasteiger partial charge in [-0.2, -0.15) is 8.78 Å². The summed E-state index contributed by atoms with van der Waals surface area (Å²) in [6.07, 6.45) is 0. The van der Waals surface area contributed by atoms with E-state index < -0.39 is 11.7 Å². The molecule has 0 unspecified atom stereocenters. The molecule has 0 aromatic heterocycles. The average molecular weight is 126 g/mol. The molecule has 0 rings (SSSR count). The van der Waals surface area contributed by atoms with Crippen LogP contribution in [0.2, 0.25) is 0 Å². The van der Waals surface area contributed by atoms with Gasteiger partial charge in [-0.3, -0.25) is 10.4 Å². The van der Waals surface area contributed by atoms with Crippen LogP contribution in [0.1, 0.15) is 0 Å². The molecule has 0 saturated heterocycles. The number of halogens is 2. The number of rotatable bonds is 1. The molecule has 5 heteroatoms. The highest BCUT2D eigenvalue weighted by Gasteiger charge is 2.01. The van der Waals surface area contributed by atoms with Gasteiger partial charge in [-0.1, -0.05) is 0 Å². The lowest BCUT2D eigenvalue weighted by Gasteiger charge is -1.93. The van der Waals surface area contributed by atoms with Gasteiger partial charge in [-0.15, -0.1) is 0 Å². The van der Waals surface area contributed by atoms with Crippen LogP contribution >= 0.6 is 12.2 Å². The van der Waals surface area contributed by atoms with E-state index in [0.717, 1.165) is 5.32 Å². The second-order valence-corrected chi connectivity index (χ2v) is 1.10. The first kappa shape index (κ1) is 6.55. The van der Waals surface area contributed by atoms with E-state index in [2.05, 4.69) is 12.2 Å². The van der Waals surface area contributed by atoms with Gasteiger partial charge in [0.2, 0.25) is 0 Å². The van der Waals surface area contributed by atoms with E-state index >= 15 is 0 Å². The van der Waals surface area contributed by atoms with Crippen LogP contribution in [-0.4, -0.2) is 11.7 Å². The Morgan fingerprint density at radius 2 is 2.14 bits per heavy atom. The third kappa shape index (κ3) is 5.55. The second kappa shape index (κ2) is 2.68. The van der Waals surface area contributed by atoms with Gasteiger partial charge in [0.05, 0.1) is 0 Å². The van der Waals surface area contributed by atoms with Gasteiger partial charge in [-0.05, 0) is 12.2 Å². The molecule has 2 nitrogen and oxygen atoms in total. The molecule has 0 fully saturated rings. The Morgan fingerprint density at radius 3 is 2.14 bits per heavy atom. The summed E-state index contributed by atoms with van der Waals surface area (Å²) < 4.78 is 21.8. The van der Waals surface area contributed by atoms with E-state index in [1.807, 2.05) is 0 Å². The summed E-state index contributed by atoms with van der Waals surface area (Å²) in [6.45, 7) is -2.83. The number of alkyl halides is 2. The molecule has 7 heavy (non-hydrogen) atoms. The van der Waals surface area contributed by atoms with Gasteiger partial charge in [0, 0.05) is 0 Å². The summed E-state index contributed by atoms with van der Waals surface area (Å²) in [5.74, 6) is 0. The van der Waals surface area contributed by atoms with Gasteiger partial charge in [0.25, 0.3) is 0 Å². The Balaban J connectivity index is 3.13. The van der Waals surface area contributed by atoms with Crippen molar-refractivity contribution in [3.8, 4) is 0 Å². The van der Waals surface area contributed by atoms with Gasteiger partial charge in [-0.25, -0.2) is 0 Å². The van der Waals surface area contributed by atoms with Gasteiger partial charge in [0.15, 0.2) is 0 Å². The molecule has 0 aliphatic heterocycles. The highest BCUT2D eigenvalue weighted by Crippen LogP contribution is 1.82. The highest BCUT2D eigenvalue weighted by molar-refractivity contribution is 7.79. The Morgan fingerprint density at radius 1 is 1.71 bits per heavy atom. The summed E-state index contributed by atoms with van der Waals surface area (Å²) in [5, 5.41) is 9.50. The maximum atomic E-state index is 10.9. The topological polar surface area (TPSA) is 31.9 Å². The zero-order valence-electron chi connectivity index (χ0n) is 3.15. The van der Waals surface area contributed by atoms with Gasteiger partial charge < -0.3 is 0 Å². The van der Waals surface area contributed by atoms with Crippen LogP contribution < -0.4 is 5.32 Å². The maximum absolute atomic E-state index is 10.9. The Kier molecular flexibility index (Phi) is 2.51. The third-order valence-electron chi connectivity index (χ3n) is 0.227. The van der Waals surface area contributed by atoms with E-state index in [1.54, 1.807) is 0 Å². The first-order valence-corrected chi connectivity index (χ1v) is 1.79. The minimum atomic E-state index is -2.83. The van der Waals surface area contributed by atoms with Gasteiger partial charge in [0.1, 0.15) is 0 Å². The zero-order chi connectivity index (χ0) is 5.86. The van der Waals surface area contributed by atoms with Crippen LogP contribution in [0.15, 0.2) is 0 Å². The van der Waals surface area contributed by atoms with E-state index in [0.29, 0.717) is 0 Å². The predicted molar refractivity (Wildman–Crippen MR) is 22.4 cm³/mol. The van der Waals surface area contributed by atoms with Crippen LogP contribution in [0.25, 0.3) is 0 Å². The van der Waals surface area contributed by atoms with Crippen molar-refractivity contribution in [2.75, 3.05) is 0 Å². The third-order valence-corrected chi connectivity index (χ3v) is 0.345. The Bertz CT molecular complexity index is 76.1. The molecular formula is C2H2F2NOS. The van der Waals surface area contributed by atoms with E-state index in [1.165, 1.54) is 0 Å². The predicted octanol–water partition coefficient (Wildman–Crippen LogP) is 0.514. The minimum absolute atomic E-state index is 1.13.